The molecule has 0 aliphatic heterocycles. The summed E-state index contributed by atoms with van der Waals surface area (Å²) < 4.78 is 6.80. The summed E-state index contributed by atoms with van der Waals surface area (Å²) in [6, 6.07) is 1.58. The van der Waals surface area contributed by atoms with Crippen LogP contribution in [0.1, 0.15) is 60.6 Å². The average Bonchev–Trinajstić information content (AvgIpc) is 3.42. The third-order valence-electron chi connectivity index (χ3n) is 6.67. The van der Waals surface area contributed by atoms with E-state index in [9.17, 15) is 28.8 Å². The normalized spacial score (nSPS) is 11.4. The molecule has 1 aliphatic carbocycles. The molecule has 12 nitrogen and oxygen atoms in total. The Bertz CT molecular complexity index is 1440. The highest BCUT2D eigenvalue weighted by Crippen LogP contribution is 2.28. The maximum absolute atomic E-state index is 13.0. The van der Waals surface area contributed by atoms with Gasteiger partial charge in [0.2, 0.25) is 11.7 Å². The Hall–Kier alpha value is -4.57. The second-order valence-corrected chi connectivity index (χ2v) is 9.87. The summed E-state index contributed by atoms with van der Waals surface area (Å²) in [6.07, 6.45) is 6.68. The first-order chi connectivity index (χ1) is 21.9. The van der Waals surface area contributed by atoms with Gasteiger partial charge in [0.05, 0.1) is 6.54 Å². The largest absolute Gasteiger partial charge is 0.451 e. The van der Waals surface area contributed by atoms with Crippen molar-refractivity contribution in [3.63, 3.8) is 0 Å². The number of Topliss-reactive ketones (excluding diaryl/α,β-unsaturated/α-hetero) is 1. The second-order valence-electron chi connectivity index (χ2n) is 9.87. The van der Waals surface area contributed by atoms with Gasteiger partial charge in [-0.3, -0.25) is 24.0 Å². The van der Waals surface area contributed by atoms with E-state index >= 15 is 0 Å². The summed E-state index contributed by atoms with van der Waals surface area (Å²) in [7, 11) is 5.62. The van der Waals surface area contributed by atoms with E-state index in [0.717, 1.165) is 28.7 Å². The number of nitrogens with one attached hydrogen (secondary N) is 4. The molecule has 2 aromatic heterocycles. The van der Waals surface area contributed by atoms with E-state index in [1.807, 2.05) is 19.8 Å². The van der Waals surface area contributed by atoms with E-state index in [0.29, 0.717) is 23.5 Å². The number of aromatic nitrogens is 1. The highest BCUT2D eigenvalue weighted by Gasteiger charge is 2.28. The maximum Gasteiger partial charge on any atom is 0.287 e. The number of hydrogen-bond donors (Lipinski definition) is 4. The van der Waals surface area contributed by atoms with Crippen molar-refractivity contribution in [3.05, 3.63) is 82.8 Å². The van der Waals surface area contributed by atoms with Gasteiger partial charge in [0.15, 0.2) is 5.76 Å². The molecule has 0 spiro atoms. The predicted octanol–water partition coefficient (Wildman–Crippen LogP) is 3.41. The van der Waals surface area contributed by atoms with Crippen molar-refractivity contribution >= 4 is 50.8 Å². The molecular formula is C33H48N5O7P. The van der Waals surface area contributed by atoms with Crippen LogP contribution in [-0.2, 0) is 32.1 Å². The van der Waals surface area contributed by atoms with Gasteiger partial charge in [0.25, 0.3) is 17.4 Å². The number of allylic oxidation sites excluding steroid dienone is 2. The van der Waals surface area contributed by atoms with E-state index in [4.69, 9.17) is 4.42 Å². The standard InChI is InChI=1S/C24H26N4O7.C6H13N.C2H4.CH5P/c1-14-15-6-3-4-8-19(15)35-20(14)23(33)26-16(9-10-18(30)22(32)25-2)21(31)27-17-7-5-11-28(12-13-29)24(17)34;1-5(2)6(3)7-4;2*1-2/h4-5,7-8,11,13,16H,3,6,9-10,12H2,1-2H3,(H,25,32)(H,26,33)(H,27,31);5,7H,3H2,1-2,4H3;1-2H2;2H2,1H3. The number of ketones is 1. The van der Waals surface area contributed by atoms with E-state index in [1.54, 1.807) is 13.0 Å². The van der Waals surface area contributed by atoms with Gasteiger partial charge in [-0.1, -0.05) is 33.2 Å². The topological polar surface area (TPSA) is 169 Å². The minimum absolute atomic E-state index is 0.0463. The molecule has 252 valence electrons. The minimum Gasteiger partial charge on any atom is -0.451 e. The molecule has 0 aromatic carbocycles. The molecule has 3 amide bonds. The van der Waals surface area contributed by atoms with Crippen LogP contribution < -0.4 is 26.8 Å². The van der Waals surface area contributed by atoms with Gasteiger partial charge < -0.3 is 35.0 Å². The van der Waals surface area contributed by atoms with E-state index < -0.39 is 35.1 Å². The summed E-state index contributed by atoms with van der Waals surface area (Å²) in [4.78, 5) is 72.9. The summed E-state index contributed by atoms with van der Waals surface area (Å²) in [5.74, 6) is -1.83. The Morgan fingerprint density at radius 3 is 2.30 bits per heavy atom. The molecule has 0 saturated heterocycles. The van der Waals surface area contributed by atoms with Crippen LogP contribution in [0, 0.1) is 12.8 Å². The maximum atomic E-state index is 13.0. The Labute approximate surface area is 273 Å². The Morgan fingerprint density at radius 1 is 1.13 bits per heavy atom. The Balaban J connectivity index is 0.00000160. The molecule has 0 bridgehead atoms. The Morgan fingerprint density at radius 2 is 1.78 bits per heavy atom. The minimum atomic E-state index is -1.26. The van der Waals surface area contributed by atoms with Gasteiger partial charge in [0, 0.05) is 43.5 Å². The van der Waals surface area contributed by atoms with Crippen molar-refractivity contribution in [1.82, 2.24) is 20.5 Å². The summed E-state index contributed by atoms with van der Waals surface area (Å²) in [5, 5.41) is 10.2. The molecule has 0 saturated carbocycles. The van der Waals surface area contributed by atoms with Gasteiger partial charge in [-0.05, 0) is 50.3 Å². The molecule has 13 heteroatoms. The number of nitrogens with zero attached hydrogens (tertiary/aromatic N) is 1. The van der Waals surface area contributed by atoms with Crippen LogP contribution in [0.5, 0.6) is 0 Å². The first-order valence-electron chi connectivity index (χ1n) is 14.7. The second kappa shape index (κ2) is 22.0. The smallest absolute Gasteiger partial charge is 0.287 e. The zero-order valence-electron chi connectivity index (χ0n) is 27.7. The molecule has 46 heavy (non-hydrogen) atoms. The number of furan rings is 1. The van der Waals surface area contributed by atoms with Crippen LogP contribution in [-0.4, -0.2) is 61.2 Å². The summed E-state index contributed by atoms with van der Waals surface area (Å²) in [6.45, 7) is 17.5. The van der Waals surface area contributed by atoms with Crippen LogP contribution in [0.15, 0.2) is 59.1 Å². The molecule has 2 atom stereocenters. The number of likely N-dealkylation sites (N-methyl/N-ethyl adjacent to an activating group) is 1. The molecule has 2 heterocycles. The number of carbonyl (C=O) groups is 5. The lowest BCUT2D eigenvalue weighted by Gasteiger charge is -2.18. The summed E-state index contributed by atoms with van der Waals surface area (Å²) >= 11 is 0. The molecule has 0 radical (unpaired) electrons. The molecule has 3 rings (SSSR count). The zero-order valence-corrected chi connectivity index (χ0v) is 28.8. The quantitative estimate of drug-likeness (QED) is 0.117. The van der Waals surface area contributed by atoms with Crippen molar-refractivity contribution < 1.29 is 28.4 Å². The van der Waals surface area contributed by atoms with Crippen molar-refractivity contribution in [1.29, 1.82) is 0 Å². The fraction of sp³-hybridized carbons (Fsp3) is 0.394. The molecule has 1 aliphatic rings. The van der Waals surface area contributed by atoms with Crippen LogP contribution in [0.3, 0.4) is 0 Å². The van der Waals surface area contributed by atoms with Crippen LogP contribution >= 0.6 is 9.24 Å². The number of anilines is 1. The third kappa shape index (κ3) is 12.4. The van der Waals surface area contributed by atoms with Crippen molar-refractivity contribution in [2.75, 3.05) is 26.1 Å². The molecule has 2 aromatic rings. The van der Waals surface area contributed by atoms with Crippen LogP contribution in [0.25, 0.3) is 6.08 Å². The SMILES string of the molecule is C=C.C=C(NC)C(C)C.CNC(=O)C(=O)CCC(NC(=O)c1oc2c(c1C)CCC=C2)C(=O)Nc1cccn(CC=O)c1=O.CP. The highest BCUT2D eigenvalue weighted by atomic mass is 31.0. The number of pyridine rings is 1. The molecule has 4 N–H and O–H groups in total. The molecular weight excluding hydrogens is 609 g/mol. The van der Waals surface area contributed by atoms with Gasteiger partial charge in [-0.15, -0.1) is 22.4 Å². The number of rotatable bonds is 12. The number of aldehydes is 1. The zero-order chi connectivity index (χ0) is 35.4. The van der Waals surface area contributed by atoms with E-state index in [2.05, 4.69) is 64.1 Å². The fourth-order valence-electron chi connectivity index (χ4n) is 4.04. The Kier molecular flexibility index (Phi) is 19.8. The van der Waals surface area contributed by atoms with Crippen LogP contribution in [0.2, 0.25) is 0 Å². The van der Waals surface area contributed by atoms with E-state index in [1.165, 1.54) is 25.4 Å². The highest BCUT2D eigenvalue weighted by molar-refractivity contribution is 7.15. The predicted molar refractivity (Wildman–Crippen MR) is 186 cm³/mol. The summed E-state index contributed by atoms with van der Waals surface area (Å²) in [5.41, 5.74) is 1.95. The molecule has 0 fully saturated rings. The fourth-order valence-corrected chi connectivity index (χ4v) is 4.04. The van der Waals surface area contributed by atoms with Crippen molar-refractivity contribution in [2.45, 2.75) is 59.0 Å². The van der Waals surface area contributed by atoms with Gasteiger partial charge in [-0.2, -0.15) is 0 Å². The lowest BCUT2D eigenvalue weighted by Crippen LogP contribution is -2.45. The van der Waals surface area contributed by atoms with Crippen LogP contribution in [0.4, 0.5) is 5.69 Å². The first-order valence-corrected chi connectivity index (χ1v) is 15.8. The van der Waals surface area contributed by atoms with Crippen molar-refractivity contribution in [3.8, 4) is 0 Å². The number of fused-ring (bicyclic) bond motifs is 1. The van der Waals surface area contributed by atoms with Gasteiger partial charge in [-0.25, -0.2) is 0 Å². The lowest BCUT2D eigenvalue weighted by atomic mass is 10.00. The monoisotopic (exact) mass is 657 g/mol. The van der Waals surface area contributed by atoms with E-state index in [-0.39, 0.29) is 30.8 Å². The van der Waals surface area contributed by atoms with Gasteiger partial charge >= 0.3 is 0 Å². The average molecular weight is 658 g/mol. The van der Waals surface area contributed by atoms with Gasteiger partial charge in [0.1, 0.15) is 23.8 Å². The number of amides is 3. The van der Waals surface area contributed by atoms with Crippen molar-refractivity contribution in [2.24, 2.45) is 5.92 Å². The lowest BCUT2D eigenvalue weighted by molar-refractivity contribution is -0.137. The number of hydrogen-bond acceptors (Lipinski definition) is 8. The number of carbonyl (C=O) groups excluding carboxylic acids is 5. The molecule has 2 unspecified atom stereocenters. The third-order valence-corrected chi connectivity index (χ3v) is 6.67. The first kappa shape index (κ1) is 41.4.